The molecule has 0 aliphatic carbocycles. The Bertz CT molecular complexity index is 1010. The number of phenols is 1. The Kier molecular flexibility index (Phi) is 6.36. The van der Waals surface area contributed by atoms with Crippen LogP contribution in [0.3, 0.4) is 0 Å². The minimum atomic E-state index is -0.205. The number of hydrogen-bond donors (Lipinski definition) is 4. The van der Waals surface area contributed by atoms with Crippen molar-refractivity contribution in [1.29, 1.82) is 0 Å². The van der Waals surface area contributed by atoms with Crippen LogP contribution in [0.5, 0.6) is 5.75 Å². The molecule has 0 fully saturated rings. The van der Waals surface area contributed by atoms with Gasteiger partial charge in [-0.05, 0) is 60.0 Å². The number of benzene rings is 3. The van der Waals surface area contributed by atoms with Gasteiger partial charge in [0.1, 0.15) is 5.75 Å². The Morgan fingerprint density at radius 3 is 2.50 bits per heavy atom. The minimum Gasteiger partial charge on any atom is -0.508 e. The second-order valence-electron chi connectivity index (χ2n) is 5.60. The summed E-state index contributed by atoms with van der Waals surface area (Å²) in [6, 6.07) is 18.4. The fourth-order valence-corrected chi connectivity index (χ4v) is 3.24. The van der Waals surface area contributed by atoms with E-state index in [-0.39, 0.29) is 16.4 Å². The quantitative estimate of drug-likeness (QED) is 0.234. The first-order valence-electron chi connectivity index (χ1n) is 8.08. The third-order valence-corrected chi connectivity index (χ3v) is 4.83. The molecule has 7 nitrogen and oxygen atoms in total. The van der Waals surface area contributed by atoms with Gasteiger partial charge >= 0.3 is 5.69 Å². The molecule has 142 valence electrons. The number of aromatic hydroxyl groups is 1. The number of nitrogens with zero attached hydrogens (tertiary/aromatic N) is 2. The van der Waals surface area contributed by atoms with E-state index in [1.54, 1.807) is 42.6 Å². The first kappa shape index (κ1) is 19.5. The van der Waals surface area contributed by atoms with Crippen molar-refractivity contribution < 1.29 is 15.2 Å². The maximum Gasteiger partial charge on any atom is 0.317 e. The van der Waals surface area contributed by atoms with Gasteiger partial charge in [-0.3, -0.25) is 5.43 Å². The second kappa shape index (κ2) is 9.12. The zero-order chi connectivity index (χ0) is 19.9. The van der Waals surface area contributed by atoms with E-state index in [0.717, 1.165) is 5.56 Å². The molecule has 0 saturated carbocycles. The van der Waals surface area contributed by atoms with Gasteiger partial charge in [0.15, 0.2) is 0 Å². The van der Waals surface area contributed by atoms with Crippen LogP contribution >= 0.6 is 23.5 Å². The van der Waals surface area contributed by atoms with Gasteiger partial charge in [-0.1, -0.05) is 23.7 Å². The molecule has 0 unspecified atom stereocenters. The Labute approximate surface area is 170 Å². The molecular formula is C19H16ClN4O3S+. The molecule has 3 aromatic carbocycles. The molecule has 0 spiro atoms. The van der Waals surface area contributed by atoms with E-state index >= 15 is 0 Å². The second-order valence-corrected chi connectivity index (χ2v) is 6.85. The van der Waals surface area contributed by atoms with Crippen molar-refractivity contribution in [3.63, 3.8) is 0 Å². The summed E-state index contributed by atoms with van der Waals surface area (Å²) in [4.78, 5) is 11.6. The SMILES string of the molecule is O=[N+](O)c1ccc(N/N=C/c2ccc(O)cc2)c(SNc2ccccc2Cl)c1. The fourth-order valence-electron chi connectivity index (χ4n) is 2.20. The van der Waals surface area contributed by atoms with Crippen LogP contribution in [0.2, 0.25) is 5.02 Å². The Morgan fingerprint density at radius 2 is 1.79 bits per heavy atom. The van der Waals surface area contributed by atoms with Crippen LogP contribution < -0.4 is 10.1 Å². The Hall–Kier alpha value is -3.23. The first-order valence-corrected chi connectivity index (χ1v) is 9.28. The standard InChI is InChI=1S/C19H15ClN4O3S/c20-16-3-1-2-4-17(16)23-28-19-11-14(24(26)27)7-10-18(19)22-21-12-13-5-8-15(25)9-6-13/h1-12,22-23H,(H-,21,25,26,27)/p+1. The van der Waals surface area contributed by atoms with E-state index in [9.17, 15) is 15.2 Å². The molecule has 3 aromatic rings. The number of halogens is 1. The highest BCUT2D eigenvalue weighted by Crippen LogP contribution is 2.33. The van der Waals surface area contributed by atoms with Crippen LogP contribution in [0.15, 0.2) is 76.7 Å². The average Bonchev–Trinajstić information content (AvgIpc) is 2.69. The van der Waals surface area contributed by atoms with Crippen LogP contribution in [0, 0.1) is 4.91 Å². The Morgan fingerprint density at radius 1 is 1.04 bits per heavy atom. The van der Waals surface area contributed by atoms with Gasteiger partial charge in [0, 0.05) is 12.1 Å². The summed E-state index contributed by atoms with van der Waals surface area (Å²) < 4.78 is 3.11. The molecule has 28 heavy (non-hydrogen) atoms. The summed E-state index contributed by atoms with van der Waals surface area (Å²) in [6.07, 6.45) is 1.59. The zero-order valence-corrected chi connectivity index (χ0v) is 16.0. The smallest absolute Gasteiger partial charge is 0.317 e. The van der Waals surface area contributed by atoms with Crippen molar-refractivity contribution >= 4 is 46.8 Å². The summed E-state index contributed by atoms with van der Waals surface area (Å²) in [5.41, 5.74) is 5.11. The number of anilines is 2. The summed E-state index contributed by atoms with van der Waals surface area (Å²) >= 11 is 7.36. The first-order chi connectivity index (χ1) is 13.5. The lowest BCUT2D eigenvalue weighted by molar-refractivity contribution is -0.729. The molecular weight excluding hydrogens is 400 g/mol. The maximum absolute atomic E-state index is 11.2. The van der Waals surface area contributed by atoms with Crippen LogP contribution in [0.25, 0.3) is 0 Å². The molecule has 0 radical (unpaired) electrons. The monoisotopic (exact) mass is 415 g/mol. The number of rotatable bonds is 7. The van der Waals surface area contributed by atoms with Gasteiger partial charge in [-0.15, -0.1) is 0 Å². The molecule has 9 heteroatoms. The van der Waals surface area contributed by atoms with Crippen molar-refractivity contribution in [1.82, 2.24) is 0 Å². The van der Waals surface area contributed by atoms with Gasteiger partial charge in [-0.25, -0.2) is 5.21 Å². The zero-order valence-electron chi connectivity index (χ0n) is 14.4. The van der Waals surface area contributed by atoms with E-state index in [4.69, 9.17) is 11.6 Å². The number of para-hydroxylation sites is 1. The van der Waals surface area contributed by atoms with Crippen molar-refractivity contribution in [2.24, 2.45) is 5.10 Å². The number of phenolic OH excluding ortho intramolecular Hbond substituents is 1. The largest absolute Gasteiger partial charge is 0.508 e. The predicted octanol–water partition coefficient (Wildman–Crippen LogP) is 5.41. The highest BCUT2D eigenvalue weighted by molar-refractivity contribution is 8.00. The van der Waals surface area contributed by atoms with Gasteiger partial charge in [0.2, 0.25) is 0 Å². The summed E-state index contributed by atoms with van der Waals surface area (Å²) in [5.74, 6) is 0.177. The topological polar surface area (TPSA) is 97.0 Å². The van der Waals surface area contributed by atoms with Gasteiger partial charge in [0.25, 0.3) is 4.92 Å². The van der Waals surface area contributed by atoms with Gasteiger partial charge in [-0.2, -0.15) is 5.10 Å². The lowest BCUT2D eigenvalue weighted by atomic mass is 10.2. The van der Waals surface area contributed by atoms with Crippen molar-refractivity contribution in [3.8, 4) is 5.75 Å². The molecule has 0 bridgehead atoms. The molecule has 3 rings (SSSR count). The van der Waals surface area contributed by atoms with Gasteiger partial charge < -0.3 is 9.83 Å². The molecule has 4 N–H and O–H groups in total. The van der Waals surface area contributed by atoms with Crippen LogP contribution in [0.1, 0.15) is 5.56 Å². The van der Waals surface area contributed by atoms with E-state index in [1.165, 1.54) is 24.1 Å². The molecule has 0 aromatic heterocycles. The third kappa shape index (κ3) is 5.15. The molecule has 0 aliphatic rings. The highest BCUT2D eigenvalue weighted by Gasteiger charge is 2.15. The molecule has 0 aliphatic heterocycles. The highest BCUT2D eigenvalue weighted by atomic mass is 35.5. The van der Waals surface area contributed by atoms with Crippen molar-refractivity contribution in [3.05, 3.63) is 82.2 Å². The van der Waals surface area contributed by atoms with Crippen molar-refractivity contribution in [2.75, 3.05) is 10.1 Å². The minimum absolute atomic E-state index is 0.0801. The molecule has 0 amide bonds. The molecule has 0 atom stereocenters. The van der Waals surface area contributed by atoms with Crippen LogP contribution in [-0.2, 0) is 0 Å². The van der Waals surface area contributed by atoms with E-state index in [1.807, 2.05) is 18.2 Å². The molecule has 0 saturated heterocycles. The maximum atomic E-state index is 11.2. The summed E-state index contributed by atoms with van der Waals surface area (Å²) in [5, 5.41) is 23.2. The molecule has 0 heterocycles. The van der Waals surface area contributed by atoms with Crippen molar-refractivity contribution in [2.45, 2.75) is 4.90 Å². The number of hydrogen-bond acceptors (Lipinski definition) is 6. The van der Waals surface area contributed by atoms with E-state index in [0.29, 0.717) is 21.3 Å². The number of nitrogens with one attached hydrogen (secondary N) is 2. The normalized spacial score (nSPS) is 10.8. The third-order valence-electron chi connectivity index (χ3n) is 3.62. The van der Waals surface area contributed by atoms with E-state index < -0.39 is 0 Å². The number of hydrazone groups is 1. The lowest BCUT2D eigenvalue weighted by Crippen LogP contribution is -1.98. The summed E-state index contributed by atoms with van der Waals surface area (Å²) in [7, 11) is 0. The predicted molar refractivity (Wildman–Crippen MR) is 112 cm³/mol. The van der Waals surface area contributed by atoms with Crippen LogP contribution in [0.4, 0.5) is 17.1 Å². The summed E-state index contributed by atoms with van der Waals surface area (Å²) in [6.45, 7) is 0. The Balaban J connectivity index is 1.78. The van der Waals surface area contributed by atoms with Gasteiger partial charge in [0.05, 0.1) is 32.4 Å². The van der Waals surface area contributed by atoms with E-state index in [2.05, 4.69) is 15.2 Å². The van der Waals surface area contributed by atoms with Crippen LogP contribution in [-0.4, -0.2) is 21.5 Å². The fraction of sp³-hybridized carbons (Fsp3) is 0. The average molecular weight is 416 g/mol. The lowest BCUT2D eigenvalue weighted by Gasteiger charge is -2.10.